The number of carboxylic acid groups (broad SMARTS) is 1. The summed E-state index contributed by atoms with van der Waals surface area (Å²) in [5.41, 5.74) is 3.19. The molecule has 2 aromatic heterocycles. The molecule has 1 fully saturated rings. The first kappa shape index (κ1) is 25.4. The number of pyridine rings is 1. The predicted octanol–water partition coefficient (Wildman–Crippen LogP) is 6.07. The van der Waals surface area contributed by atoms with Crippen molar-refractivity contribution in [2.45, 2.75) is 51.5 Å². The van der Waals surface area contributed by atoms with Crippen molar-refractivity contribution in [1.29, 1.82) is 0 Å². The molecule has 1 saturated carbocycles. The maximum atomic E-state index is 13.3. The molecule has 1 aliphatic rings. The van der Waals surface area contributed by atoms with Gasteiger partial charge in [0.05, 0.1) is 12.5 Å². The molecule has 1 amide bonds. The topological polar surface area (TPSA) is 95.7 Å². The van der Waals surface area contributed by atoms with E-state index in [1.165, 1.54) is 36.4 Å². The van der Waals surface area contributed by atoms with E-state index in [1.54, 1.807) is 25.2 Å². The summed E-state index contributed by atoms with van der Waals surface area (Å²) in [6, 6.07) is 12.3. The molecule has 36 heavy (non-hydrogen) atoms. The first-order chi connectivity index (χ1) is 17.3. The molecule has 1 aliphatic carbocycles. The number of benzene rings is 1. The van der Waals surface area contributed by atoms with Crippen LogP contribution in [0, 0.1) is 18.8 Å². The number of amides is 1. The number of anilines is 1. The number of nitrogens with one attached hydrogen (secondary N) is 1. The van der Waals surface area contributed by atoms with Crippen LogP contribution in [0.5, 0.6) is 0 Å². The van der Waals surface area contributed by atoms with Crippen LogP contribution in [0.4, 0.5) is 10.1 Å². The first-order valence-electron chi connectivity index (χ1n) is 12.4. The van der Waals surface area contributed by atoms with Crippen molar-refractivity contribution in [3.8, 4) is 11.3 Å². The normalized spacial score (nSPS) is 14.9. The van der Waals surface area contributed by atoms with Crippen molar-refractivity contribution >= 4 is 17.6 Å². The minimum Gasteiger partial charge on any atom is -0.481 e. The highest BCUT2D eigenvalue weighted by atomic mass is 19.1. The number of furan rings is 1. The Balaban J connectivity index is 1.55. The highest BCUT2D eigenvalue weighted by molar-refractivity contribution is 5.94. The molecule has 2 N–H and O–H groups in total. The van der Waals surface area contributed by atoms with Crippen molar-refractivity contribution in [3.05, 3.63) is 71.5 Å². The van der Waals surface area contributed by atoms with Gasteiger partial charge in [0.1, 0.15) is 11.5 Å². The van der Waals surface area contributed by atoms with Crippen LogP contribution in [0.1, 0.15) is 66.2 Å². The second-order valence-corrected chi connectivity index (χ2v) is 9.46. The average Bonchev–Trinajstić information content (AvgIpc) is 3.27. The fraction of sp³-hybridized carbons (Fsp3) is 0.393. The molecule has 1 aromatic carbocycles. The third kappa shape index (κ3) is 6.11. The average molecular weight is 494 g/mol. The fourth-order valence-corrected chi connectivity index (χ4v) is 4.86. The summed E-state index contributed by atoms with van der Waals surface area (Å²) < 4.78 is 19.4. The third-order valence-electron chi connectivity index (χ3n) is 6.89. The lowest BCUT2D eigenvalue weighted by Crippen LogP contribution is -2.29. The molecule has 7 nitrogen and oxygen atoms in total. The van der Waals surface area contributed by atoms with Crippen molar-refractivity contribution in [3.63, 3.8) is 0 Å². The Hall–Kier alpha value is -3.68. The fourth-order valence-electron chi connectivity index (χ4n) is 4.86. The van der Waals surface area contributed by atoms with Gasteiger partial charge in [-0.25, -0.2) is 4.98 Å². The summed E-state index contributed by atoms with van der Waals surface area (Å²) in [7, 11) is 1.60. The van der Waals surface area contributed by atoms with Gasteiger partial charge in [0.2, 0.25) is 5.95 Å². The summed E-state index contributed by atoms with van der Waals surface area (Å²) in [5, 5.41) is 12.5. The van der Waals surface area contributed by atoms with Crippen LogP contribution >= 0.6 is 0 Å². The second-order valence-electron chi connectivity index (χ2n) is 9.46. The standard InChI is InChI=1S/C28H32FN3O4/c1-18-23(16-24(36-18)21-10-13-25(29)30-17-21)27(19-6-4-3-5-7-19)31-22-11-8-20(9-12-22)28(35)32(2)15-14-26(33)34/h8-13,16-17,19,27,31H,3-7,14-15H2,1-2H3,(H,33,34). The molecule has 0 bridgehead atoms. The maximum Gasteiger partial charge on any atom is 0.305 e. The zero-order valence-corrected chi connectivity index (χ0v) is 20.7. The van der Waals surface area contributed by atoms with Gasteiger partial charge in [0.15, 0.2) is 0 Å². The molecule has 4 rings (SSSR count). The molecule has 0 spiro atoms. The number of nitrogens with zero attached hydrogens (tertiary/aromatic N) is 2. The van der Waals surface area contributed by atoms with Crippen molar-refractivity contribution in [1.82, 2.24) is 9.88 Å². The predicted molar refractivity (Wildman–Crippen MR) is 135 cm³/mol. The zero-order chi connectivity index (χ0) is 25.7. The van der Waals surface area contributed by atoms with Crippen LogP contribution in [-0.4, -0.2) is 40.5 Å². The van der Waals surface area contributed by atoms with E-state index in [-0.39, 0.29) is 24.9 Å². The lowest BCUT2D eigenvalue weighted by molar-refractivity contribution is -0.137. The van der Waals surface area contributed by atoms with Crippen LogP contribution in [0.2, 0.25) is 0 Å². The maximum absolute atomic E-state index is 13.3. The summed E-state index contributed by atoms with van der Waals surface area (Å²) in [6.07, 6.45) is 7.22. The first-order valence-corrected chi connectivity index (χ1v) is 12.4. The van der Waals surface area contributed by atoms with Crippen LogP contribution in [0.3, 0.4) is 0 Å². The highest BCUT2D eigenvalue weighted by Crippen LogP contribution is 2.40. The van der Waals surface area contributed by atoms with Gasteiger partial charge in [-0.05, 0) is 68.1 Å². The number of rotatable bonds is 9. The van der Waals surface area contributed by atoms with E-state index < -0.39 is 11.9 Å². The van der Waals surface area contributed by atoms with Crippen LogP contribution in [0.15, 0.2) is 53.1 Å². The summed E-state index contributed by atoms with van der Waals surface area (Å²) >= 11 is 0. The van der Waals surface area contributed by atoms with Crippen LogP contribution in [0.25, 0.3) is 11.3 Å². The van der Waals surface area contributed by atoms with E-state index >= 15 is 0 Å². The summed E-state index contributed by atoms with van der Waals surface area (Å²) in [5.74, 6) is 0.218. The number of aliphatic carboxylic acids is 1. The van der Waals surface area contributed by atoms with Gasteiger partial charge in [0, 0.05) is 42.2 Å². The summed E-state index contributed by atoms with van der Waals surface area (Å²) in [4.78, 5) is 28.6. The Bertz CT molecular complexity index is 1180. The minimum absolute atomic E-state index is 0.0241. The van der Waals surface area contributed by atoms with Gasteiger partial charge < -0.3 is 19.7 Å². The molecule has 2 heterocycles. The van der Waals surface area contributed by atoms with Crippen LogP contribution in [-0.2, 0) is 4.79 Å². The number of aryl methyl sites for hydroxylation is 1. The Morgan fingerprint density at radius 1 is 1.17 bits per heavy atom. The lowest BCUT2D eigenvalue weighted by atomic mass is 9.81. The Morgan fingerprint density at radius 3 is 2.53 bits per heavy atom. The molecule has 1 unspecified atom stereocenters. The van der Waals surface area contributed by atoms with Crippen molar-refractivity contribution in [2.75, 3.05) is 18.9 Å². The van der Waals surface area contributed by atoms with Gasteiger partial charge in [-0.2, -0.15) is 4.39 Å². The number of carboxylic acids is 1. The van der Waals surface area contributed by atoms with E-state index in [4.69, 9.17) is 9.52 Å². The molecule has 0 aliphatic heterocycles. The Labute approximate surface area is 210 Å². The monoisotopic (exact) mass is 493 g/mol. The molecule has 8 heteroatoms. The third-order valence-corrected chi connectivity index (χ3v) is 6.89. The second kappa shape index (κ2) is 11.4. The van der Waals surface area contributed by atoms with Gasteiger partial charge >= 0.3 is 5.97 Å². The van der Waals surface area contributed by atoms with E-state index in [1.807, 2.05) is 25.1 Å². The van der Waals surface area contributed by atoms with Gasteiger partial charge in [-0.15, -0.1) is 0 Å². The minimum atomic E-state index is -0.934. The van der Waals surface area contributed by atoms with Crippen LogP contribution < -0.4 is 5.32 Å². The Kier molecular flexibility index (Phi) is 8.03. The number of hydrogen-bond acceptors (Lipinski definition) is 5. The van der Waals surface area contributed by atoms with E-state index in [9.17, 15) is 14.0 Å². The number of carbonyl (C=O) groups is 2. The van der Waals surface area contributed by atoms with Crippen molar-refractivity contribution in [2.24, 2.45) is 5.92 Å². The van der Waals surface area contributed by atoms with E-state index in [0.717, 1.165) is 35.4 Å². The molecule has 1 atom stereocenters. The van der Waals surface area contributed by atoms with E-state index in [2.05, 4.69) is 10.3 Å². The summed E-state index contributed by atoms with van der Waals surface area (Å²) in [6.45, 7) is 2.10. The van der Waals surface area contributed by atoms with Crippen molar-refractivity contribution < 1.29 is 23.5 Å². The number of hydrogen-bond donors (Lipinski definition) is 2. The van der Waals surface area contributed by atoms with Gasteiger partial charge in [-0.3, -0.25) is 9.59 Å². The number of carbonyl (C=O) groups excluding carboxylic acids is 1. The molecular formula is C28H32FN3O4. The number of aromatic nitrogens is 1. The quantitative estimate of drug-likeness (QED) is 0.351. The largest absolute Gasteiger partial charge is 0.481 e. The SMILES string of the molecule is Cc1oc(-c2ccc(F)nc2)cc1C(Nc1ccc(C(=O)N(C)CCC(=O)O)cc1)C1CCCCC1. The highest BCUT2D eigenvalue weighted by Gasteiger charge is 2.28. The smallest absolute Gasteiger partial charge is 0.305 e. The molecule has 3 aromatic rings. The number of halogens is 1. The van der Waals surface area contributed by atoms with Gasteiger partial charge in [-0.1, -0.05) is 19.3 Å². The Morgan fingerprint density at radius 2 is 1.89 bits per heavy atom. The molecule has 0 saturated heterocycles. The zero-order valence-electron chi connectivity index (χ0n) is 20.7. The molecule has 0 radical (unpaired) electrons. The van der Waals surface area contributed by atoms with Gasteiger partial charge in [0.25, 0.3) is 5.91 Å². The molecule has 190 valence electrons. The van der Waals surface area contributed by atoms with E-state index in [0.29, 0.717) is 17.2 Å². The lowest BCUT2D eigenvalue weighted by Gasteiger charge is -2.31. The molecular weight excluding hydrogens is 461 g/mol.